The van der Waals surface area contributed by atoms with Gasteiger partial charge in [0.2, 0.25) is 0 Å². The molecule has 0 aliphatic carbocycles. The Kier molecular flexibility index (Phi) is 5.32. The molecule has 1 amide bonds. The molecule has 1 aromatic heterocycles. The van der Waals surface area contributed by atoms with Crippen molar-refractivity contribution in [2.75, 3.05) is 0 Å². The highest BCUT2D eigenvalue weighted by Crippen LogP contribution is 2.14. The number of aliphatic carboxylic acids is 1. The predicted molar refractivity (Wildman–Crippen MR) is 85.1 cm³/mol. The van der Waals surface area contributed by atoms with Crippen molar-refractivity contribution in [2.45, 2.75) is 0 Å². The van der Waals surface area contributed by atoms with Crippen LogP contribution in [0.25, 0.3) is 6.08 Å². The highest BCUT2D eigenvalue weighted by molar-refractivity contribution is 9.10. The second-order valence-electron chi connectivity index (χ2n) is 4.21. The van der Waals surface area contributed by atoms with E-state index < -0.39 is 11.9 Å². The van der Waals surface area contributed by atoms with Crippen molar-refractivity contribution in [3.8, 4) is 0 Å². The van der Waals surface area contributed by atoms with Gasteiger partial charge in [0.05, 0.1) is 0 Å². The number of rotatable bonds is 5. The summed E-state index contributed by atoms with van der Waals surface area (Å²) in [4.78, 5) is 23.0. The van der Waals surface area contributed by atoms with Gasteiger partial charge in [-0.2, -0.15) is 0 Å². The van der Waals surface area contributed by atoms with Crippen molar-refractivity contribution >= 4 is 33.9 Å². The third-order valence-corrected chi connectivity index (χ3v) is 3.05. The zero-order valence-electron chi connectivity index (χ0n) is 11.3. The lowest BCUT2D eigenvalue weighted by molar-refractivity contribution is -0.133. The Bertz CT molecular complexity index is 732. The number of furan rings is 1. The Morgan fingerprint density at radius 1 is 1.14 bits per heavy atom. The minimum atomic E-state index is -1.24. The summed E-state index contributed by atoms with van der Waals surface area (Å²) in [5.41, 5.74) is 0.675. The molecule has 1 heterocycles. The Morgan fingerprint density at radius 2 is 1.86 bits per heavy atom. The number of allylic oxidation sites excluding steroid dienone is 2. The van der Waals surface area contributed by atoms with Gasteiger partial charge in [-0.3, -0.25) is 4.79 Å². The molecule has 2 N–H and O–H groups in total. The first-order chi connectivity index (χ1) is 10.6. The number of hydrogen-bond acceptors (Lipinski definition) is 3. The summed E-state index contributed by atoms with van der Waals surface area (Å²) in [6.07, 6.45) is 4.60. The van der Waals surface area contributed by atoms with Crippen LogP contribution in [0.4, 0.5) is 0 Å². The maximum atomic E-state index is 11.9. The van der Waals surface area contributed by atoms with Crippen LogP contribution in [0.5, 0.6) is 0 Å². The number of amides is 1. The molecule has 0 bridgehead atoms. The van der Waals surface area contributed by atoms with Crippen LogP contribution in [-0.4, -0.2) is 17.0 Å². The molecular weight excluding hydrogens is 350 g/mol. The summed E-state index contributed by atoms with van der Waals surface area (Å²) in [7, 11) is 0. The average molecular weight is 362 g/mol. The lowest BCUT2D eigenvalue weighted by atomic mass is 10.2. The van der Waals surface area contributed by atoms with E-state index in [0.717, 1.165) is 5.56 Å². The fraction of sp³-hybridized carbons (Fsp3) is 0. The normalized spacial score (nSPS) is 11.6. The molecular formula is C16H12BrNO4. The van der Waals surface area contributed by atoms with Gasteiger partial charge >= 0.3 is 5.97 Å². The molecule has 0 aliphatic heterocycles. The number of benzene rings is 1. The van der Waals surface area contributed by atoms with E-state index in [0.29, 0.717) is 4.67 Å². The van der Waals surface area contributed by atoms with Gasteiger partial charge in [-0.1, -0.05) is 42.5 Å². The molecule has 0 saturated heterocycles. The first-order valence-corrected chi connectivity index (χ1v) is 7.09. The van der Waals surface area contributed by atoms with Crippen LogP contribution >= 0.6 is 15.9 Å². The maximum Gasteiger partial charge on any atom is 0.352 e. The fourth-order valence-corrected chi connectivity index (χ4v) is 1.91. The van der Waals surface area contributed by atoms with Crippen LogP contribution in [0.1, 0.15) is 16.1 Å². The standard InChI is InChI=1S/C16H12BrNO4/c17-14-10-9-13(22-14)15(19)18-12(16(20)21)8-4-7-11-5-2-1-3-6-11/h1-10H,(H,18,19)(H,20,21)/b7-4+,12-8-. The molecule has 1 aromatic carbocycles. The van der Waals surface area contributed by atoms with E-state index >= 15 is 0 Å². The molecule has 2 aromatic rings. The zero-order chi connectivity index (χ0) is 15.9. The van der Waals surface area contributed by atoms with E-state index in [2.05, 4.69) is 21.2 Å². The second kappa shape index (κ2) is 7.42. The summed E-state index contributed by atoms with van der Waals surface area (Å²) < 4.78 is 5.46. The van der Waals surface area contributed by atoms with E-state index in [-0.39, 0.29) is 11.5 Å². The van der Waals surface area contributed by atoms with Gasteiger partial charge < -0.3 is 14.8 Å². The van der Waals surface area contributed by atoms with Gasteiger partial charge in [-0.05, 0) is 39.7 Å². The molecule has 112 valence electrons. The van der Waals surface area contributed by atoms with Crippen LogP contribution in [0.2, 0.25) is 0 Å². The summed E-state index contributed by atoms with van der Waals surface area (Å²) in [5, 5.41) is 11.4. The van der Waals surface area contributed by atoms with Crippen molar-refractivity contribution in [3.05, 3.63) is 76.3 Å². The summed E-state index contributed by atoms with van der Waals surface area (Å²) in [6, 6.07) is 12.4. The predicted octanol–water partition coefficient (Wildman–Crippen LogP) is 3.45. The van der Waals surface area contributed by atoms with Crippen LogP contribution < -0.4 is 5.32 Å². The minimum Gasteiger partial charge on any atom is -0.477 e. The highest BCUT2D eigenvalue weighted by Gasteiger charge is 2.15. The number of hydrogen-bond donors (Lipinski definition) is 2. The number of carbonyl (C=O) groups excluding carboxylic acids is 1. The van der Waals surface area contributed by atoms with Crippen LogP contribution in [0, 0.1) is 0 Å². The van der Waals surface area contributed by atoms with Crippen molar-refractivity contribution < 1.29 is 19.1 Å². The van der Waals surface area contributed by atoms with Gasteiger partial charge in [0.25, 0.3) is 5.91 Å². The van der Waals surface area contributed by atoms with E-state index in [1.54, 1.807) is 18.2 Å². The number of carbonyl (C=O) groups is 2. The van der Waals surface area contributed by atoms with Crippen LogP contribution in [0.15, 0.2) is 69.4 Å². The maximum absolute atomic E-state index is 11.9. The number of carboxylic acid groups (broad SMARTS) is 1. The van der Waals surface area contributed by atoms with Gasteiger partial charge in [-0.25, -0.2) is 4.79 Å². The van der Waals surface area contributed by atoms with Crippen molar-refractivity contribution in [1.29, 1.82) is 0 Å². The smallest absolute Gasteiger partial charge is 0.352 e. The van der Waals surface area contributed by atoms with Crippen molar-refractivity contribution in [3.63, 3.8) is 0 Å². The van der Waals surface area contributed by atoms with E-state index in [1.165, 1.54) is 12.1 Å². The lowest BCUT2D eigenvalue weighted by Crippen LogP contribution is -2.26. The van der Waals surface area contributed by atoms with Gasteiger partial charge in [-0.15, -0.1) is 0 Å². The summed E-state index contributed by atoms with van der Waals surface area (Å²) in [6.45, 7) is 0. The number of halogens is 1. The molecule has 0 fully saturated rings. The second-order valence-corrected chi connectivity index (χ2v) is 4.99. The Morgan fingerprint density at radius 3 is 2.45 bits per heavy atom. The third-order valence-electron chi connectivity index (χ3n) is 2.63. The quantitative estimate of drug-likeness (QED) is 0.631. The zero-order valence-corrected chi connectivity index (χ0v) is 12.9. The van der Waals surface area contributed by atoms with Gasteiger partial charge in [0.15, 0.2) is 10.4 Å². The monoisotopic (exact) mass is 361 g/mol. The number of carboxylic acids is 1. The third kappa shape index (κ3) is 4.46. The van der Waals surface area contributed by atoms with E-state index in [4.69, 9.17) is 9.52 Å². The molecule has 0 atom stereocenters. The SMILES string of the molecule is O=C(O)/C(=C/C=C/c1ccccc1)NC(=O)c1ccc(Br)o1. The Balaban J connectivity index is 2.09. The first kappa shape index (κ1) is 15.8. The molecule has 0 radical (unpaired) electrons. The van der Waals surface area contributed by atoms with Crippen molar-refractivity contribution in [1.82, 2.24) is 5.32 Å². The molecule has 22 heavy (non-hydrogen) atoms. The Hall–Kier alpha value is -2.60. The van der Waals surface area contributed by atoms with Crippen LogP contribution in [-0.2, 0) is 4.79 Å². The molecule has 6 heteroatoms. The molecule has 0 unspecified atom stereocenters. The van der Waals surface area contributed by atoms with Gasteiger partial charge in [0.1, 0.15) is 5.70 Å². The molecule has 0 spiro atoms. The minimum absolute atomic E-state index is 0.0195. The van der Waals surface area contributed by atoms with Crippen LogP contribution in [0.3, 0.4) is 0 Å². The Labute approximate surface area is 135 Å². The molecule has 2 rings (SSSR count). The lowest BCUT2D eigenvalue weighted by Gasteiger charge is -2.02. The highest BCUT2D eigenvalue weighted by atomic mass is 79.9. The summed E-state index contributed by atoms with van der Waals surface area (Å²) in [5.74, 6) is -1.85. The molecule has 0 saturated carbocycles. The van der Waals surface area contributed by atoms with E-state index in [1.807, 2.05) is 30.3 Å². The first-order valence-electron chi connectivity index (χ1n) is 6.29. The van der Waals surface area contributed by atoms with Gasteiger partial charge in [0, 0.05) is 0 Å². The largest absolute Gasteiger partial charge is 0.477 e. The topological polar surface area (TPSA) is 79.5 Å². The van der Waals surface area contributed by atoms with E-state index in [9.17, 15) is 9.59 Å². The van der Waals surface area contributed by atoms with Crippen molar-refractivity contribution in [2.24, 2.45) is 0 Å². The number of nitrogens with one attached hydrogen (secondary N) is 1. The summed E-state index contributed by atoms with van der Waals surface area (Å²) >= 11 is 3.07. The molecule has 0 aliphatic rings. The fourth-order valence-electron chi connectivity index (χ4n) is 1.61. The average Bonchev–Trinajstić information content (AvgIpc) is 2.93. The molecule has 5 nitrogen and oxygen atoms in total.